The summed E-state index contributed by atoms with van der Waals surface area (Å²) < 4.78 is 0. The van der Waals surface area contributed by atoms with Crippen LogP contribution < -0.4 is 0 Å². The molecule has 0 spiro atoms. The van der Waals surface area contributed by atoms with E-state index in [2.05, 4.69) is 11.1 Å². The van der Waals surface area contributed by atoms with Crippen LogP contribution in [0.1, 0.15) is 29.8 Å². The number of aromatic nitrogens is 1. The first kappa shape index (κ1) is 9.40. The average molecular weight is 211 g/mol. The SMILES string of the molecule is CC1(C)C(=O)c2c[nH]cc2-c2ccccc21. The third kappa shape index (κ3) is 0.990. The van der Waals surface area contributed by atoms with Crippen LogP contribution in [-0.4, -0.2) is 10.8 Å². The molecule has 1 aromatic carbocycles. The number of ketones is 1. The summed E-state index contributed by atoms with van der Waals surface area (Å²) in [5.74, 6) is 0.197. The monoisotopic (exact) mass is 211 g/mol. The van der Waals surface area contributed by atoms with Crippen molar-refractivity contribution in [2.24, 2.45) is 0 Å². The Morgan fingerprint density at radius 3 is 2.50 bits per heavy atom. The minimum Gasteiger partial charge on any atom is -0.366 e. The van der Waals surface area contributed by atoms with Gasteiger partial charge in [0.2, 0.25) is 0 Å². The number of carbonyl (C=O) groups excluding carboxylic acids is 1. The Balaban J connectivity index is 2.41. The van der Waals surface area contributed by atoms with Crippen LogP contribution in [0.5, 0.6) is 0 Å². The zero-order valence-corrected chi connectivity index (χ0v) is 9.37. The predicted octanol–water partition coefficient (Wildman–Crippen LogP) is 3.16. The highest BCUT2D eigenvalue weighted by Crippen LogP contribution is 2.42. The van der Waals surface area contributed by atoms with Gasteiger partial charge in [0, 0.05) is 23.5 Å². The molecule has 80 valence electrons. The lowest BCUT2D eigenvalue weighted by Gasteiger charge is -2.30. The molecule has 2 nitrogen and oxygen atoms in total. The van der Waals surface area contributed by atoms with E-state index in [1.807, 2.05) is 38.2 Å². The van der Waals surface area contributed by atoms with Crippen LogP contribution in [0.4, 0.5) is 0 Å². The Labute approximate surface area is 94.3 Å². The fourth-order valence-electron chi connectivity index (χ4n) is 2.50. The molecule has 0 bridgehead atoms. The third-order valence-electron chi connectivity index (χ3n) is 3.45. The van der Waals surface area contributed by atoms with Gasteiger partial charge in [0.1, 0.15) is 0 Å². The van der Waals surface area contributed by atoms with Gasteiger partial charge < -0.3 is 4.98 Å². The van der Waals surface area contributed by atoms with E-state index in [1.165, 1.54) is 5.56 Å². The number of Topliss-reactive ketones (excluding diaryl/α,β-unsaturated/α-hetero) is 1. The van der Waals surface area contributed by atoms with Crippen molar-refractivity contribution >= 4 is 5.78 Å². The zero-order chi connectivity index (χ0) is 11.3. The summed E-state index contributed by atoms with van der Waals surface area (Å²) in [6.07, 6.45) is 3.71. The molecule has 0 atom stereocenters. The fourth-order valence-corrected chi connectivity index (χ4v) is 2.50. The molecular formula is C14H13NO. The number of rotatable bonds is 0. The first-order valence-electron chi connectivity index (χ1n) is 5.44. The largest absolute Gasteiger partial charge is 0.366 e. The van der Waals surface area contributed by atoms with E-state index in [-0.39, 0.29) is 5.78 Å². The lowest BCUT2D eigenvalue weighted by Crippen LogP contribution is -2.32. The summed E-state index contributed by atoms with van der Waals surface area (Å²) in [6.45, 7) is 3.98. The van der Waals surface area contributed by atoms with Gasteiger partial charge in [0.15, 0.2) is 5.78 Å². The highest BCUT2D eigenvalue weighted by molar-refractivity contribution is 6.12. The van der Waals surface area contributed by atoms with Gasteiger partial charge in [-0.25, -0.2) is 0 Å². The van der Waals surface area contributed by atoms with E-state index in [0.29, 0.717) is 0 Å². The van der Waals surface area contributed by atoms with Gasteiger partial charge in [-0.05, 0) is 25.0 Å². The summed E-state index contributed by atoms with van der Waals surface area (Å²) in [4.78, 5) is 15.4. The number of hydrogen-bond donors (Lipinski definition) is 1. The maximum atomic E-state index is 12.3. The average Bonchev–Trinajstić information content (AvgIpc) is 2.75. The fraction of sp³-hybridized carbons (Fsp3) is 0.214. The van der Waals surface area contributed by atoms with Gasteiger partial charge in [-0.3, -0.25) is 4.79 Å². The summed E-state index contributed by atoms with van der Waals surface area (Å²) in [5.41, 5.74) is 3.70. The predicted molar refractivity (Wildman–Crippen MR) is 63.6 cm³/mol. The first-order chi connectivity index (χ1) is 7.62. The van der Waals surface area contributed by atoms with Crippen LogP contribution in [0, 0.1) is 0 Å². The lowest BCUT2D eigenvalue weighted by molar-refractivity contribution is 0.0907. The normalized spacial score (nSPS) is 16.8. The first-order valence-corrected chi connectivity index (χ1v) is 5.44. The third-order valence-corrected chi connectivity index (χ3v) is 3.45. The van der Waals surface area contributed by atoms with Crippen LogP contribution in [0.2, 0.25) is 0 Å². The molecule has 1 N–H and O–H groups in total. The van der Waals surface area contributed by atoms with Gasteiger partial charge in [0.05, 0.1) is 5.41 Å². The van der Waals surface area contributed by atoms with Crippen LogP contribution in [0.3, 0.4) is 0 Å². The Kier molecular flexibility index (Phi) is 1.67. The second-order valence-corrected chi connectivity index (χ2v) is 4.78. The number of fused-ring (bicyclic) bond motifs is 3. The number of H-pyrrole nitrogens is 1. The number of carbonyl (C=O) groups is 1. The second kappa shape index (κ2) is 2.85. The van der Waals surface area contributed by atoms with E-state index < -0.39 is 5.41 Å². The van der Waals surface area contributed by atoms with Gasteiger partial charge in [-0.15, -0.1) is 0 Å². The standard InChI is InChI=1S/C14H13NO/c1-14(2)12-6-4-3-5-9(12)10-7-15-8-11(10)13(14)16/h3-8,15H,1-2H3. The zero-order valence-electron chi connectivity index (χ0n) is 9.37. The highest BCUT2D eigenvalue weighted by atomic mass is 16.1. The Morgan fingerprint density at radius 1 is 1.00 bits per heavy atom. The van der Waals surface area contributed by atoms with E-state index in [0.717, 1.165) is 16.7 Å². The molecular weight excluding hydrogens is 198 g/mol. The molecule has 3 rings (SSSR count). The van der Waals surface area contributed by atoms with Gasteiger partial charge >= 0.3 is 0 Å². The molecule has 1 aliphatic rings. The summed E-state index contributed by atoms with van der Waals surface area (Å²) in [5, 5.41) is 0. The van der Waals surface area contributed by atoms with Crippen LogP contribution >= 0.6 is 0 Å². The molecule has 1 heterocycles. The van der Waals surface area contributed by atoms with E-state index in [1.54, 1.807) is 6.20 Å². The minimum atomic E-state index is -0.425. The van der Waals surface area contributed by atoms with Gasteiger partial charge in [-0.1, -0.05) is 24.3 Å². The van der Waals surface area contributed by atoms with Gasteiger partial charge in [-0.2, -0.15) is 0 Å². The van der Waals surface area contributed by atoms with E-state index >= 15 is 0 Å². The highest BCUT2D eigenvalue weighted by Gasteiger charge is 2.38. The van der Waals surface area contributed by atoms with Crippen molar-refractivity contribution in [1.82, 2.24) is 4.98 Å². The van der Waals surface area contributed by atoms with Crippen molar-refractivity contribution in [1.29, 1.82) is 0 Å². The number of benzene rings is 1. The Bertz CT molecular complexity index is 578. The minimum absolute atomic E-state index is 0.197. The van der Waals surface area contributed by atoms with E-state index in [4.69, 9.17) is 0 Å². The second-order valence-electron chi connectivity index (χ2n) is 4.78. The van der Waals surface area contributed by atoms with Crippen LogP contribution in [-0.2, 0) is 5.41 Å². The van der Waals surface area contributed by atoms with Crippen LogP contribution in [0.15, 0.2) is 36.7 Å². The molecule has 0 saturated heterocycles. The summed E-state index contributed by atoms with van der Waals surface area (Å²) in [7, 11) is 0. The van der Waals surface area contributed by atoms with Gasteiger partial charge in [0.25, 0.3) is 0 Å². The van der Waals surface area contributed by atoms with Crippen LogP contribution in [0.25, 0.3) is 11.1 Å². The quantitative estimate of drug-likeness (QED) is 0.713. The number of hydrogen-bond acceptors (Lipinski definition) is 1. The molecule has 1 aromatic heterocycles. The summed E-state index contributed by atoms with van der Waals surface area (Å²) >= 11 is 0. The molecule has 2 heteroatoms. The van der Waals surface area contributed by atoms with Crippen molar-refractivity contribution in [2.75, 3.05) is 0 Å². The molecule has 16 heavy (non-hydrogen) atoms. The van der Waals surface area contributed by atoms with Crippen molar-refractivity contribution < 1.29 is 4.79 Å². The molecule has 0 radical (unpaired) electrons. The molecule has 0 amide bonds. The number of aromatic amines is 1. The molecule has 1 aliphatic carbocycles. The summed E-state index contributed by atoms with van der Waals surface area (Å²) in [6, 6.07) is 8.13. The molecule has 0 aliphatic heterocycles. The Hall–Kier alpha value is -1.83. The molecule has 0 fully saturated rings. The maximum absolute atomic E-state index is 12.3. The van der Waals surface area contributed by atoms with Crippen molar-refractivity contribution in [3.63, 3.8) is 0 Å². The van der Waals surface area contributed by atoms with Crippen molar-refractivity contribution in [3.8, 4) is 11.1 Å². The molecule has 0 saturated carbocycles. The smallest absolute Gasteiger partial charge is 0.174 e. The number of nitrogens with one attached hydrogen (secondary N) is 1. The van der Waals surface area contributed by atoms with Crippen molar-refractivity contribution in [2.45, 2.75) is 19.3 Å². The van der Waals surface area contributed by atoms with E-state index in [9.17, 15) is 4.79 Å². The maximum Gasteiger partial charge on any atom is 0.174 e. The molecule has 0 unspecified atom stereocenters. The topological polar surface area (TPSA) is 32.9 Å². The molecule has 2 aromatic rings. The lowest BCUT2D eigenvalue weighted by atomic mass is 9.70. The Morgan fingerprint density at radius 2 is 1.69 bits per heavy atom. The van der Waals surface area contributed by atoms with Crippen molar-refractivity contribution in [3.05, 3.63) is 47.8 Å².